The van der Waals surface area contributed by atoms with Crippen molar-refractivity contribution in [1.29, 1.82) is 0 Å². The molecule has 4 heteroatoms. The van der Waals surface area contributed by atoms with Crippen molar-refractivity contribution in [3.63, 3.8) is 0 Å². The molecule has 15 heavy (non-hydrogen) atoms. The van der Waals surface area contributed by atoms with E-state index < -0.39 is 0 Å². The molecule has 4 nitrogen and oxygen atoms in total. The smallest absolute Gasteiger partial charge is 0.170 e. The van der Waals surface area contributed by atoms with Crippen molar-refractivity contribution in [1.82, 2.24) is 5.32 Å². The molecule has 0 radical (unpaired) electrons. The molecule has 0 saturated heterocycles. The molecule has 1 aromatic rings. The maximum Gasteiger partial charge on any atom is 0.170 e. The number of amidine groups is 1. The first-order valence-corrected chi connectivity index (χ1v) is 5.10. The van der Waals surface area contributed by atoms with Gasteiger partial charge < -0.3 is 16.3 Å². The zero-order chi connectivity index (χ0) is 10.7. The van der Waals surface area contributed by atoms with Crippen LogP contribution in [0.2, 0.25) is 0 Å². The Hall–Kier alpha value is -1.55. The van der Waals surface area contributed by atoms with Crippen molar-refractivity contribution in [2.75, 3.05) is 0 Å². The van der Waals surface area contributed by atoms with Crippen LogP contribution >= 0.6 is 0 Å². The Morgan fingerprint density at radius 2 is 2.20 bits per heavy atom. The normalized spacial score (nSPS) is 16.7. The van der Waals surface area contributed by atoms with Crippen LogP contribution in [-0.4, -0.2) is 17.1 Å². The molecule has 0 amide bonds. The van der Waals surface area contributed by atoms with Gasteiger partial charge in [0.1, 0.15) is 0 Å². The molecule has 1 fully saturated rings. The third-order valence-electron chi connectivity index (χ3n) is 2.56. The number of hydrogen-bond acceptors (Lipinski definition) is 3. The fourth-order valence-electron chi connectivity index (χ4n) is 1.52. The molecular weight excluding hydrogens is 190 g/mol. The molecule has 0 heterocycles. The van der Waals surface area contributed by atoms with Crippen molar-refractivity contribution in [2.24, 2.45) is 10.9 Å². The number of benzene rings is 1. The molecule has 0 aromatic heterocycles. The number of oxime groups is 1. The van der Waals surface area contributed by atoms with E-state index in [2.05, 4.69) is 10.5 Å². The van der Waals surface area contributed by atoms with Crippen molar-refractivity contribution in [3.05, 3.63) is 35.4 Å². The summed E-state index contributed by atoms with van der Waals surface area (Å²) in [7, 11) is 0. The minimum atomic E-state index is 0.170. The van der Waals surface area contributed by atoms with Gasteiger partial charge in [0.15, 0.2) is 5.84 Å². The Morgan fingerprint density at radius 3 is 2.87 bits per heavy atom. The summed E-state index contributed by atoms with van der Waals surface area (Å²) in [6.07, 6.45) is 2.51. The molecule has 2 rings (SSSR count). The number of hydrogen-bond donors (Lipinski definition) is 3. The maximum absolute atomic E-state index is 8.64. The Morgan fingerprint density at radius 1 is 1.47 bits per heavy atom. The molecule has 4 N–H and O–H groups in total. The van der Waals surface area contributed by atoms with E-state index in [1.54, 1.807) is 0 Å². The van der Waals surface area contributed by atoms with E-state index in [0.29, 0.717) is 6.04 Å². The highest BCUT2D eigenvalue weighted by Crippen LogP contribution is 2.19. The zero-order valence-corrected chi connectivity index (χ0v) is 8.48. The van der Waals surface area contributed by atoms with Crippen molar-refractivity contribution in [2.45, 2.75) is 25.4 Å². The predicted octanol–water partition coefficient (Wildman–Crippen LogP) is 1.03. The minimum absolute atomic E-state index is 0.170. The third-order valence-corrected chi connectivity index (χ3v) is 2.56. The van der Waals surface area contributed by atoms with E-state index in [0.717, 1.165) is 17.7 Å². The topological polar surface area (TPSA) is 70.6 Å². The molecule has 1 aromatic carbocycles. The summed E-state index contributed by atoms with van der Waals surface area (Å²) in [5, 5.41) is 15.1. The Labute approximate surface area is 88.8 Å². The second-order valence-corrected chi connectivity index (χ2v) is 3.80. The second-order valence-electron chi connectivity index (χ2n) is 3.80. The van der Waals surface area contributed by atoms with Crippen LogP contribution < -0.4 is 11.1 Å². The molecule has 80 valence electrons. The van der Waals surface area contributed by atoms with E-state index in [-0.39, 0.29) is 5.84 Å². The van der Waals surface area contributed by atoms with Gasteiger partial charge in [-0.15, -0.1) is 0 Å². The van der Waals surface area contributed by atoms with Gasteiger partial charge in [0.05, 0.1) is 0 Å². The molecular formula is C11H15N3O. The van der Waals surface area contributed by atoms with E-state index in [1.807, 2.05) is 24.3 Å². The fourth-order valence-corrected chi connectivity index (χ4v) is 1.52. The van der Waals surface area contributed by atoms with Crippen LogP contribution in [0.15, 0.2) is 29.4 Å². The summed E-state index contributed by atoms with van der Waals surface area (Å²) in [5.74, 6) is 0.170. The molecule has 0 spiro atoms. The van der Waals surface area contributed by atoms with Crippen LogP contribution in [0.4, 0.5) is 0 Å². The van der Waals surface area contributed by atoms with Gasteiger partial charge in [0.25, 0.3) is 0 Å². The van der Waals surface area contributed by atoms with Crippen LogP contribution in [0.1, 0.15) is 24.0 Å². The molecule has 1 saturated carbocycles. The summed E-state index contributed by atoms with van der Waals surface area (Å²) >= 11 is 0. The molecule has 1 aliphatic rings. The Kier molecular flexibility index (Phi) is 2.87. The zero-order valence-electron chi connectivity index (χ0n) is 8.48. The Balaban J connectivity index is 2.12. The number of nitrogens with two attached hydrogens (primary N) is 1. The highest BCUT2D eigenvalue weighted by atomic mass is 16.4. The molecule has 0 bridgehead atoms. The molecule has 0 aliphatic heterocycles. The van der Waals surface area contributed by atoms with Gasteiger partial charge in [0, 0.05) is 18.2 Å². The van der Waals surface area contributed by atoms with Gasteiger partial charge in [-0.05, 0) is 18.4 Å². The van der Waals surface area contributed by atoms with Gasteiger partial charge in [-0.2, -0.15) is 0 Å². The van der Waals surface area contributed by atoms with Crippen molar-refractivity contribution in [3.8, 4) is 0 Å². The SMILES string of the molecule is NC(=NO)c1ccccc1CNC1CC1. The quantitative estimate of drug-likeness (QED) is 0.297. The first kappa shape index (κ1) is 9.98. The lowest BCUT2D eigenvalue weighted by atomic mass is 10.1. The largest absolute Gasteiger partial charge is 0.409 e. The summed E-state index contributed by atoms with van der Waals surface area (Å²) in [6, 6.07) is 8.35. The van der Waals surface area contributed by atoms with Crippen molar-refractivity contribution >= 4 is 5.84 Å². The molecule has 0 atom stereocenters. The number of rotatable bonds is 4. The van der Waals surface area contributed by atoms with Gasteiger partial charge in [-0.25, -0.2) is 0 Å². The number of nitrogens with zero attached hydrogens (tertiary/aromatic N) is 1. The average Bonchev–Trinajstić information content (AvgIpc) is 3.09. The molecule has 0 unspecified atom stereocenters. The van der Waals surface area contributed by atoms with E-state index in [9.17, 15) is 0 Å². The predicted molar refractivity (Wildman–Crippen MR) is 58.8 cm³/mol. The Bertz CT molecular complexity index is 372. The summed E-state index contributed by atoms with van der Waals surface area (Å²) in [4.78, 5) is 0. The summed E-state index contributed by atoms with van der Waals surface area (Å²) in [6.45, 7) is 0.775. The van der Waals surface area contributed by atoms with Crippen LogP contribution in [-0.2, 0) is 6.54 Å². The average molecular weight is 205 g/mol. The van der Waals surface area contributed by atoms with Crippen LogP contribution in [0.5, 0.6) is 0 Å². The third kappa shape index (κ3) is 2.47. The van der Waals surface area contributed by atoms with E-state index >= 15 is 0 Å². The van der Waals surface area contributed by atoms with E-state index in [4.69, 9.17) is 10.9 Å². The lowest BCUT2D eigenvalue weighted by molar-refractivity contribution is 0.318. The van der Waals surface area contributed by atoms with Gasteiger partial charge >= 0.3 is 0 Å². The first-order valence-electron chi connectivity index (χ1n) is 5.10. The van der Waals surface area contributed by atoms with Crippen LogP contribution in [0, 0.1) is 0 Å². The first-order chi connectivity index (χ1) is 7.31. The maximum atomic E-state index is 8.64. The van der Waals surface area contributed by atoms with Gasteiger partial charge in [-0.1, -0.05) is 29.4 Å². The van der Waals surface area contributed by atoms with E-state index in [1.165, 1.54) is 12.8 Å². The summed E-state index contributed by atoms with van der Waals surface area (Å²) < 4.78 is 0. The van der Waals surface area contributed by atoms with Crippen LogP contribution in [0.3, 0.4) is 0 Å². The molecule has 1 aliphatic carbocycles. The highest BCUT2D eigenvalue weighted by Gasteiger charge is 2.20. The summed E-state index contributed by atoms with van der Waals surface area (Å²) in [5.41, 5.74) is 7.46. The highest BCUT2D eigenvalue weighted by molar-refractivity contribution is 5.98. The second kappa shape index (κ2) is 4.31. The van der Waals surface area contributed by atoms with Gasteiger partial charge in [0.2, 0.25) is 0 Å². The minimum Gasteiger partial charge on any atom is -0.409 e. The van der Waals surface area contributed by atoms with Crippen molar-refractivity contribution < 1.29 is 5.21 Å². The lowest BCUT2D eigenvalue weighted by Gasteiger charge is -2.08. The lowest BCUT2D eigenvalue weighted by Crippen LogP contribution is -2.21. The number of nitrogens with one attached hydrogen (secondary N) is 1. The van der Waals surface area contributed by atoms with Crippen LogP contribution in [0.25, 0.3) is 0 Å². The van der Waals surface area contributed by atoms with Gasteiger partial charge in [-0.3, -0.25) is 0 Å². The fraction of sp³-hybridized carbons (Fsp3) is 0.364. The standard InChI is InChI=1S/C11H15N3O/c12-11(14-15)10-4-2-1-3-8(10)7-13-9-5-6-9/h1-4,9,13,15H,5-7H2,(H2,12,14). The monoisotopic (exact) mass is 205 g/mol.